The fourth-order valence-corrected chi connectivity index (χ4v) is 4.32. The minimum atomic E-state index is -0.871. The molecule has 0 saturated carbocycles. The largest absolute Gasteiger partial charge is 4.00 e. The summed E-state index contributed by atoms with van der Waals surface area (Å²) in [5.41, 5.74) is -1.58. The van der Waals surface area contributed by atoms with Crippen molar-refractivity contribution in [1.29, 1.82) is 0 Å². The van der Waals surface area contributed by atoms with Gasteiger partial charge in [-0.1, -0.05) is 27.7 Å². The molecule has 4 nitrogen and oxygen atoms in total. The van der Waals surface area contributed by atoms with Crippen LogP contribution in [0.1, 0.15) is 55.4 Å². The number of anilines is 2. The first-order valence-electron chi connectivity index (χ1n) is 16.2. The Morgan fingerprint density at radius 2 is 0.941 bits per heavy atom. The number of carbonyl (C=O) groups excluding carboxylic acids is 2. The zero-order chi connectivity index (χ0) is 38.1. The van der Waals surface area contributed by atoms with E-state index in [2.05, 4.69) is 0 Å². The summed E-state index contributed by atoms with van der Waals surface area (Å²) < 4.78 is 53.7. The van der Waals surface area contributed by atoms with Crippen molar-refractivity contribution in [3.8, 4) is 0 Å². The summed E-state index contributed by atoms with van der Waals surface area (Å²) in [5.74, 6) is -3.41. The van der Waals surface area contributed by atoms with Crippen molar-refractivity contribution < 1.29 is 48.9 Å². The molecule has 0 heterocycles. The molecule has 0 spiro atoms. The third kappa shape index (κ3) is 17.0. The summed E-state index contributed by atoms with van der Waals surface area (Å²) in [4.78, 5) is 27.7. The molecule has 0 aliphatic rings. The Morgan fingerprint density at radius 1 is 0.647 bits per heavy atom. The van der Waals surface area contributed by atoms with E-state index in [4.69, 9.17) is 23.2 Å². The smallest absolute Gasteiger partial charge is 0.363 e. The molecular formula is C40H48Cl2F4N2O2Ti. The number of benzene rings is 2. The molecule has 0 fully saturated rings. The molecular weight excluding hydrogens is 735 g/mol. The predicted octanol–water partition coefficient (Wildman–Crippen LogP) is 10.8. The number of carbonyl (C=O) groups is 2. The number of halogens is 6. The maximum Gasteiger partial charge on any atom is 4.00 e. The van der Waals surface area contributed by atoms with Crippen LogP contribution in [0.2, 0.25) is 0 Å². The summed E-state index contributed by atoms with van der Waals surface area (Å²) in [6, 6.07) is 28.6. The first kappa shape index (κ1) is 48.1. The molecule has 0 atom stereocenters. The second kappa shape index (κ2) is 23.6. The van der Waals surface area contributed by atoms with Gasteiger partial charge in [0.1, 0.15) is 0 Å². The molecule has 4 rings (SSSR count). The van der Waals surface area contributed by atoms with Gasteiger partial charge in [0.05, 0.1) is 10.8 Å². The Hall–Kier alpha value is -2.91. The molecule has 0 saturated heterocycles. The first-order chi connectivity index (χ1) is 23.4. The van der Waals surface area contributed by atoms with Crippen molar-refractivity contribution in [1.82, 2.24) is 0 Å². The van der Waals surface area contributed by atoms with Crippen LogP contribution in [0.3, 0.4) is 0 Å². The molecule has 276 valence electrons. The molecule has 0 aliphatic heterocycles. The van der Waals surface area contributed by atoms with Crippen LogP contribution in [-0.4, -0.2) is 36.7 Å². The predicted molar refractivity (Wildman–Crippen MR) is 198 cm³/mol. The van der Waals surface area contributed by atoms with E-state index in [-0.39, 0.29) is 68.5 Å². The summed E-state index contributed by atoms with van der Waals surface area (Å²) in [6.45, 7) is 15.1. The van der Waals surface area contributed by atoms with Gasteiger partial charge in [-0.15, -0.1) is 59.6 Å². The second-order valence-corrected chi connectivity index (χ2v) is 14.1. The standard InChI is InChI=1S/2C15H19ClF2NO.2C5H5.Ti/c2*1-10(2)8-19(14(20)15(3,4)9-16)13-6-5-11(17)7-12(13)18;2*1-2-4-5-3-1;/h2*5-6,10H,8-9H2,1-4H3;2*1-5H;/q4*-1;+4. The third-order valence-corrected chi connectivity index (χ3v) is 8.12. The van der Waals surface area contributed by atoms with Gasteiger partial charge in [-0.25, -0.2) is 41.8 Å². The Labute approximate surface area is 326 Å². The van der Waals surface area contributed by atoms with E-state index < -0.39 is 34.1 Å². The molecule has 0 N–H and O–H groups in total. The maximum atomic E-state index is 13.9. The number of nitrogens with zero attached hydrogens (tertiary/aromatic N) is 2. The van der Waals surface area contributed by atoms with Crippen molar-refractivity contribution in [3.63, 3.8) is 0 Å². The SMILES string of the molecule is CC(C)CN(C(=O)C(C)(C)CCl)c1ccc(F)[c-]c1F.CC(C)CN(C(=O)C(C)(C)CCl)c1ccc(F)[c-]c1F.[Ti+4].c1cc[cH-]c1.c1cc[cH-]c1. The normalized spacial score (nSPS) is 10.8. The van der Waals surface area contributed by atoms with Crippen LogP contribution in [0.5, 0.6) is 0 Å². The summed E-state index contributed by atoms with van der Waals surface area (Å²) in [5, 5.41) is 0. The van der Waals surface area contributed by atoms with Crippen LogP contribution < -0.4 is 9.80 Å². The number of hydrogen-bond donors (Lipinski definition) is 0. The van der Waals surface area contributed by atoms with E-state index in [1.807, 2.05) is 100 Å². The average molecular weight is 784 g/mol. The molecule has 0 radical (unpaired) electrons. The van der Waals surface area contributed by atoms with Gasteiger partial charge in [0.2, 0.25) is 11.8 Å². The number of alkyl halides is 2. The Kier molecular flexibility index (Phi) is 22.3. The molecule has 0 aliphatic carbocycles. The Balaban J connectivity index is 0.000000754. The van der Waals surface area contributed by atoms with Gasteiger partial charge in [0.25, 0.3) is 0 Å². The minimum absolute atomic E-state index is 0. The van der Waals surface area contributed by atoms with Gasteiger partial charge >= 0.3 is 21.7 Å². The van der Waals surface area contributed by atoms with Gasteiger partial charge in [-0.3, -0.25) is 9.59 Å². The van der Waals surface area contributed by atoms with Crippen LogP contribution in [0.25, 0.3) is 0 Å². The van der Waals surface area contributed by atoms with Crippen molar-refractivity contribution in [3.05, 3.63) is 120 Å². The van der Waals surface area contributed by atoms with Crippen molar-refractivity contribution in [2.24, 2.45) is 22.7 Å². The maximum absolute atomic E-state index is 13.9. The number of amides is 2. The van der Waals surface area contributed by atoms with Crippen molar-refractivity contribution in [2.45, 2.75) is 55.4 Å². The van der Waals surface area contributed by atoms with E-state index in [0.29, 0.717) is 13.1 Å². The molecule has 2 amide bonds. The summed E-state index contributed by atoms with van der Waals surface area (Å²) in [7, 11) is 0. The molecule has 4 aromatic rings. The van der Waals surface area contributed by atoms with Gasteiger partial charge in [-0.2, -0.15) is 36.4 Å². The van der Waals surface area contributed by atoms with E-state index >= 15 is 0 Å². The van der Waals surface area contributed by atoms with Crippen molar-refractivity contribution in [2.75, 3.05) is 34.6 Å². The summed E-state index contributed by atoms with van der Waals surface area (Å²) >= 11 is 11.6. The number of hydrogen-bond acceptors (Lipinski definition) is 2. The molecule has 0 unspecified atom stereocenters. The fraction of sp³-hybridized carbons (Fsp3) is 0.400. The Morgan fingerprint density at radius 3 is 1.14 bits per heavy atom. The minimum Gasteiger partial charge on any atom is -0.363 e. The molecule has 51 heavy (non-hydrogen) atoms. The van der Waals surface area contributed by atoms with Crippen LogP contribution in [-0.2, 0) is 31.3 Å². The zero-order valence-electron chi connectivity index (χ0n) is 30.5. The van der Waals surface area contributed by atoms with Gasteiger partial charge in [0.15, 0.2) is 0 Å². The quantitative estimate of drug-likeness (QED) is 0.0696. The van der Waals surface area contributed by atoms with Crippen molar-refractivity contribution >= 4 is 46.4 Å². The monoisotopic (exact) mass is 782 g/mol. The third-order valence-electron chi connectivity index (χ3n) is 6.79. The van der Waals surface area contributed by atoms with Gasteiger partial charge in [0, 0.05) is 48.1 Å². The van der Waals surface area contributed by atoms with Gasteiger partial charge in [-0.05, 0) is 50.9 Å². The van der Waals surface area contributed by atoms with Crippen LogP contribution >= 0.6 is 23.2 Å². The van der Waals surface area contributed by atoms with Crippen LogP contribution in [0.4, 0.5) is 28.9 Å². The molecule has 0 aromatic heterocycles. The molecule has 0 bridgehead atoms. The van der Waals surface area contributed by atoms with Crippen LogP contribution in [0, 0.1) is 58.1 Å². The number of rotatable bonds is 10. The van der Waals surface area contributed by atoms with E-state index in [1.165, 1.54) is 21.9 Å². The van der Waals surface area contributed by atoms with Gasteiger partial charge < -0.3 is 9.80 Å². The van der Waals surface area contributed by atoms with Crippen LogP contribution in [0.15, 0.2) is 84.9 Å². The zero-order valence-corrected chi connectivity index (χ0v) is 33.6. The topological polar surface area (TPSA) is 40.6 Å². The van der Waals surface area contributed by atoms with E-state index in [9.17, 15) is 27.2 Å². The summed E-state index contributed by atoms with van der Waals surface area (Å²) in [6.07, 6.45) is 0. The fourth-order valence-electron chi connectivity index (χ4n) is 4.09. The van der Waals surface area contributed by atoms with E-state index in [0.717, 1.165) is 12.1 Å². The van der Waals surface area contributed by atoms with E-state index in [1.54, 1.807) is 27.7 Å². The first-order valence-corrected chi connectivity index (χ1v) is 17.3. The molecule has 4 aromatic carbocycles. The molecule has 11 heteroatoms. The second-order valence-electron chi connectivity index (χ2n) is 13.6. The average Bonchev–Trinajstić information content (AvgIpc) is 3.83. The Bertz CT molecular complexity index is 1400.